The molecular formula is C19H21N3O3. The van der Waals surface area contributed by atoms with E-state index in [2.05, 4.69) is 15.3 Å². The minimum atomic E-state index is -0.225. The Labute approximate surface area is 146 Å². The largest absolute Gasteiger partial charge is 0.497 e. The Morgan fingerprint density at radius 3 is 2.72 bits per heavy atom. The first kappa shape index (κ1) is 16.8. The zero-order valence-electron chi connectivity index (χ0n) is 14.5. The molecule has 130 valence electrons. The maximum Gasteiger partial charge on any atom is 0.225 e. The van der Waals surface area contributed by atoms with Gasteiger partial charge in [0.05, 0.1) is 37.7 Å². The highest BCUT2D eigenvalue weighted by molar-refractivity contribution is 5.80. The van der Waals surface area contributed by atoms with E-state index < -0.39 is 0 Å². The van der Waals surface area contributed by atoms with Gasteiger partial charge in [-0.2, -0.15) is 0 Å². The molecule has 3 rings (SSSR count). The summed E-state index contributed by atoms with van der Waals surface area (Å²) >= 11 is 0. The molecule has 1 heterocycles. The van der Waals surface area contributed by atoms with Crippen molar-refractivity contribution >= 4 is 16.9 Å². The quantitative estimate of drug-likeness (QED) is 0.724. The molecule has 6 heteroatoms. The van der Waals surface area contributed by atoms with Crippen molar-refractivity contribution in [2.45, 2.75) is 19.4 Å². The fourth-order valence-corrected chi connectivity index (χ4v) is 2.73. The molecular weight excluding hydrogens is 318 g/mol. The minimum absolute atomic E-state index is 0.112. The first-order valence-electron chi connectivity index (χ1n) is 8.05. The third-order valence-corrected chi connectivity index (χ3v) is 4.03. The number of amides is 1. The van der Waals surface area contributed by atoms with E-state index in [9.17, 15) is 4.79 Å². The number of carbonyl (C=O) groups excluding carboxylic acids is 1. The number of nitrogens with zero attached hydrogens (tertiary/aromatic N) is 1. The fourth-order valence-electron chi connectivity index (χ4n) is 2.73. The van der Waals surface area contributed by atoms with E-state index in [4.69, 9.17) is 9.47 Å². The molecule has 0 aliphatic rings. The number of hydrogen-bond donors (Lipinski definition) is 2. The number of benzene rings is 2. The maximum absolute atomic E-state index is 12.4. The van der Waals surface area contributed by atoms with E-state index >= 15 is 0 Å². The van der Waals surface area contributed by atoms with Gasteiger partial charge in [0.25, 0.3) is 0 Å². The van der Waals surface area contributed by atoms with Crippen LogP contribution in [-0.4, -0.2) is 30.1 Å². The number of para-hydroxylation sites is 2. The Morgan fingerprint density at radius 1 is 1.20 bits per heavy atom. The van der Waals surface area contributed by atoms with Crippen molar-refractivity contribution in [2.75, 3.05) is 14.2 Å². The average molecular weight is 339 g/mol. The van der Waals surface area contributed by atoms with E-state index in [0.717, 1.165) is 22.4 Å². The lowest BCUT2D eigenvalue weighted by Crippen LogP contribution is -2.28. The molecule has 0 saturated carbocycles. The highest BCUT2D eigenvalue weighted by Gasteiger charge is 2.16. The number of imidazole rings is 1. The summed E-state index contributed by atoms with van der Waals surface area (Å²) in [7, 11) is 3.18. The summed E-state index contributed by atoms with van der Waals surface area (Å²) in [5.74, 6) is 1.97. The Hall–Kier alpha value is -3.02. The summed E-state index contributed by atoms with van der Waals surface area (Å²) in [5.41, 5.74) is 2.61. The summed E-state index contributed by atoms with van der Waals surface area (Å²) in [6.07, 6.45) is 0.199. The monoisotopic (exact) mass is 339 g/mol. The Bertz CT molecular complexity index is 856. The molecule has 1 aromatic heterocycles. The number of nitrogens with one attached hydrogen (secondary N) is 2. The van der Waals surface area contributed by atoms with Crippen molar-refractivity contribution in [1.29, 1.82) is 0 Å². The number of fused-ring (bicyclic) bond motifs is 1. The summed E-state index contributed by atoms with van der Waals surface area (Å²) in [5, 5.41) is 2.97. The van der Waals surface area contributed by atoms with Crippen molar-refractivity contribution in [3.8, 4) is 11.5 Å². The highest BCUT2D eigenvalue weighted by atomic mass is 16.5. The van der Waals surface area contributed by atoms with Crippen LogP contribution in [0.3, 0.4) is 0 Å². The van der Waals surface area contributed by atoms with Crippen molar-refractivity contribution in [1.82, 2.24) is 15.3 Å². The summed E-state index contributed by atoms with van der Waals surface area (Å²) in [4.78, 5) is 20.2. The molecule has 0 saturated heterocycles. The van der Waals surface area contributed by atoms with Crippen LogP contribution in [0.25, 0.3) is 11.0 Å². The third-order valence-electron chi connectivity index (χ3n) is 4.03. The third kappa shape index (κ3) is 3.74. The molecule has 0 radical (unpaired) electrons. The van der Waals surface area contributed by atoms with Crippen LogP contribution in [0.4, 0.5) is 0 Å². The van der Waals surface area contributed by atoms with Gasteiger partial charge >= 0.3 is 0 Å². The molecule has 3 aromatic rings. The van der Waals surface area contributed by atoms with Crippen LogP contribution in [0.1, 0.15) is 24.4 Å². The van der Waals surface area contributed by atoms with E-state index in [1.165, 1.54) is 0 Å². The van der Waals surface area contributed by atoms with Crippen molar-refractivity contribution in [2.24, 2.45) is 0 Å². The van der Waals surface area contributed by atoms with Crippen LogP contribution in [-0.2, 0) is 11.2 Å². The van der Waals surface area contributed by atoms with E-state index in [1.54, 1.807) is 26.4 Å². The van der Waals surface area contributed by atoms with E-state index in [0.29, 0.717) is 11.5 Å². The molecule has 0 bridgehead atoms. The Morgan fingerprint density at radius 2 is 2.00 bits per heavy atom. The standard InChI is InChI=1S/C19H21N3O3/c1-12(19-21-15-6-4-5-7-16(15)22-19)20-18(23)11-13-10-14(24-2)8-9-17(13)25-3/h4-10,12H,11H2,1-3H3,(H,20,23)(H,21,22). The van der Waals surface area contributed by atoms with Crippen LogP contribution < -0.4 is 14.8 Å². The number of methoxy groups -OCH3 is 2. The highest BCUT2D eigenvalue weighted by Crippen LogP contribution is 2.24. The first-order valence-corrected chi connectivity index (χ1v) is 8.05. The lowest BCUT2D eigenvalue weighted by Gasteiger charge is -2.13. The van der Waals surface area contributed by atoms with Crippen molar-refractivity contribution < 1.29 is 14.3 Å². The predicted octanol–water partition coefficient (Wildman–Crippen LogP) is 3.00. The number of ether oxygens (including phenoxy) is 2. The van der Waals surface area contributed by atoms with Gasteiger partial charge < -0.3 is 19.8 Å². The van der Waals surface area contributed by atoms with Gasteiger partial charge in [-0.1, -0.05) is 12.1 Å². The molecule has 2 aromatic carbocycles. The molecule has 0 aliphatic heterocycles. The van der Waals surface area contributed by atoms with Crippen LogP contribution in [0.5, 0.6) is 11.5 Å². The second-order valence-corrected chi connectivity index (χ2v) is 5.78. The average Bonchev–Trinajstić information content (AvgIpc) is 3.06. The normalized spacial score (nSPS) is 12.0. The van der Waals surface area contributed by atoms with Gasteiger partial charge in [-0.3, -0.25) is 4.79 Å². The summed E-state index contributed by atoms with van der Waals surface area (Å²) < 4.78 is 10.5. The molecule has 25 heavy (non-hydrogen) atoms. The van der Waals surface area contributed by atoms with Crippen LogP contribution >= 0.6 is 0 Å². The van der Waals surface area contributed by atoms with Crippen LogP contribution in [0.2, 0.25) is 0 Å². The fraction of sp³-hybridized carbons (Fsp3) is 0.263. The zero-order chi connectivity index (χ0) is 17.8. The van der Waals surface area contributed by atoms with Crippen molar-refractivity contribution in [3.63, 3.8) is 0 Å². The van der Waals surface area contributed by atoms with E-state index in [1.807, 2.05) is 37.3 Å². The smallest absolute Gasteiger partial charge is 0.225 e. The predicted molar refractivity (Wildman–Crippen MR) is 95.9 cm³/mol. The number of hydrogen-bond acceptors (Lipinski definition) is 4. The second-order valence-electron chi connectivity index (χ2n) is 5.78. The van der Waals surface area contributed by atoms with Crippen LogP contribution in [0, 0.1) is 0 Å². The minimum Gasteiger partial charge on any atom is -0.497 e. The lowest BCUT2D eigenvalue weighted by atomic mass is 10.1. The maximum atomic E-state index is 12.4. The second kappa shape index (κ2) is 7.25. The van der Waals surface area contributed by atoms with Gasteiger partial charge in [0, 0.05) is 5.56 Å². The Balaban J connectivity index is 1.71. The number of aromatic nitrogens is 2. The van der Waals surface area contributed by atoms with Gasteiger partial charge in [-0.05, 0) is 37.3 Å². The van der Waals surface area contributed by atoms with Gasteiger partial charge in [-0.15, -0.1) is 0 Å². The summed E-state index contributed by atoms with van der Waals surface area (Å²) in [6.45, 7) is 1.90. The van der Waals surface area contributed by atoms with Crippen molar-refractivity contribution in [3.05, 3.63) is 53.9 Å². The molecule has 6 nitrogen and oxygen atoms in total. The summed E-state index contributed by atoms with van der Waals surface area (Å²) in [6, 6.07) is 13.0. The molecule has 0 aliphatic carbocycles. The molecule has 0 spiro atoms. The molecule has 1 atom stereocenters. The molecule has 1 unspecified atom stereocenters. The van der Waals surface area contributed by atoms with Crippen LogP contribution in [0.15, 0.2) is 42.5 Å². The van der Waals surface area contributed by atoms with Gasteiger partial charge in [-0.25, -0.2) is 4.98 Å². The van der Waals surface area contributed by atoms with E-state index in [-0.39, 0.29) is 18.4 Å². The number of H-pyrrole nitrogens is 1. The molecule has 1 amide bonds. The molecule has 0 fully saturated rings. The lowest BCUT2D eigenvalue weighted by molar-refractivity contribution is -0.121. The number of rotatable bonds is 6. The first-order chi connectivity index (χ1) is 12.1. The zero-order valence-corrected chi connectivity index (χ0v) is 14.5. The van der Waals surface area contributed by atoms with Gasteiger partial charge in [0.15, 0.2) is 0 Å². The SMILES string of the molecule is COc1ccc(OC)c(CC(=O)NC(C)c2nc3ccccc3[nH]2)c1. The van der Waals surface area contributed by atoms with Gasteiger partial charge in [0.1, 0.15) is 17.3 Å². The number of aromatic amines is 1. The molecule has 2 N–H and O–H groups in total. The van der Waals surface area contributed by atoms with Gasteiger partial charge in [0.2, 0.25) is 5.91 Å². The Kier molecular flexibility index (Phi) is 4.88. The topological polar surface area (TPSA) is 76.2 Å². The number of carbonyl (C=O) groups is 1.